The summed E-state index contributed by atoms with van der Waals surface area (Å²) in [6, 6.07) is 25.1. The highest BCUT2D eigenvalue weighted by Crippen LogP contribution is 2.36. The Balaban J connectivity index is 1.76. The van der Waals surface area contributed by atoms with Crippen molar-refractivity contribution in [3.8, 4) is 11.3 Å². The lowest BCUT2D eigenvalue weighted by molar-refractivity contribution is 0.591. The molecule has 0 atom stereocenters. The predicted molar refractivity (Wildman–Crippen MR) is 140 cm³/mol. The quantitative estimate of drug-likeness (QED) is 0.268. The van der Waals surface area contributed by atoms with Gasteiger partial charge >= 0.3 is 0 Å². The molecule has 1 aromatic heterocycles. The van der Waals surface area contributed by atoms with Crippen molar-refractivity contribution in [3.63, 3.8) is 0 Å². The Labute approximate surface area is 191 Å². The molecule has 1 nitrogen and oxygen atoms in total. The number of hydrogen-bond donors (Lipinski definition) is 0. The van der Waals surface area contributed by atoms with Crippen molar-refractivity contribution in [2.24, 2.45) is 0 Å². The molecule has 5 aromatic rings. The summed E-state index contributed by atoms with van der Waals surface area (Å²) in [6.45, 7) is 11.3. The Morgan fingerprint density at radius 1 is 0.625 bits per heavy atom. The van der Waals surface area contributed by atoms with Gasteiger partial charge in [-0.25, -0.2) is 0 Å². The van der Waals surface area contributed by atoms with Gasteiger partial charge in [-0.2, -0.15) is 0 Å². The van der Waals surface area contributed by atoms with E-state index in [2.05, 4.69) is 101 Å². The van der Waals surface area contributed by atoms with Crippen LogP contribution in [-0.2, 0) is 18.3 Å². The highest BCUT2D eigenvalue weighted by molar-refractivity contribution is 6.19. The maximum absolute atomic E-state index is 4.84. The number of rotatable bonds is 3. The van der Waals surface area contributed by atoms with Crippen LogP contribution in [0, 0.1) is 0 Å². The van der Waals surface area contributed by atoms with Crippen LogP contribution in [-0.4, -0.2) is 4.98 Å². The van der Waals surface area contributed by atoms with Crippen molar-refractivity contribution < 1.29 is 0 Å². The average molecular weight is 418 g/mol. The van der Waals surface area contributed by atoms with E-state index >= 15 is 0 Å². The first-order valence-electron chi connectivity index (χ1n) is 11.8. The first kappa shape index (κ1) is 20.7. The van der Waals surface area contributed by atoms with Crippen LogP contribution in [0.1, 0.15) is 51.3 Å². The number of fused-ring (bicyclic) bond motifs is 5. The van der Waals surface area contributed by atoms with Crippen molar-refractivity contribution in [2.45, 2.75) is 52.9 Å². The van der Waals surface area contributed by atoms with E-state index in [1.165, 1.54) is 54.6 Å². The van der Waals surface area contributed by atoms with Gasteiger partial charge in [0, 0.05) is 17.1 Å². The van der Waals surface area contributed by atoms with Crippen LogP contribution in [0.3, 0.4) is 0 Å². The molecule has 32 heavy (non-hydrogen) atoms. The Morgan fingerprint density at radius 3 is 1.91 bits per heavy atom. The fraction of sp³-hybridized carbons (Fsp3) is 0.258. The number of aryl methyl sites for hydroxylation is 2. The third kappa shape index (κ3) is 3.46. The number of hydrogen-bond acceptors (Lipinski definition) is 1. The molecule has 0 aliphatic carbocycles. The minimum absolute atomic E-state index is 0.150. The zero-order valence-corrected chi connectivity index (χ0v) is 19.8. The molecule has 0 saturated carbocycles. The van der Waals surface area contributed by atoms with E-state index in [0.29, 0.717) is 0 Å². The molecule has 0 aliphatic heterocycles. The Kier molecular flexibility index (Phi) is 5.01. The highest BCUT2D eigenvalue weighted by atomic mass is 14.7. The predicted octanol–water partition coefficient (Wildman–Crippen LogP) is 8.63. The second-order valence-corrected chi connectivity index (χ2v) is 9.91. The molecule has 0 radical (unpaired) electrons. The molecule has 5 rings (SSSR count). The van der Waals surface area contributed by atoms with Crippen molar-refractivity contribution in [1.29, 1.82) is 0 Å². The highest BCUT2D eigenvalue weighted by Gasteiger charge is 2.15. The summed E-state index contributed by atoms with van der Waals surface area (Å²) >= 11 is 0. The Bertz CT molecular complexity index is 1450. The van der Waals surface area contributed by atoms with E-state index < -0.39 is 0 Å². The van der Waals surface area contributed by atoms with Crippen molar-refractivity contribution in [1.82, 2.24) is 4.98 Å². The van der Waals surface area contributed by atoms with Crippen LogP contribution in [0.2, 0.25) is 0 Å². The fourth-order valence-electron chi connectivity index (χ4n) is 4.82. The molecule has 0 amide bonds. The first-order chi connectivity index (χ1) is 15.4. The van der Waals surface area contributed by atoms with Gasteiger partial charge in [0.15, 0.2) is 0 Å². The van der Waals surface area contributed by atoms with Gasteiger partial charge in [0.25, 0.3) is 0 Å². The maximum Gasteiger partial charge on any atom is 0.0780 e. The molecular formula is C31H31N. The topological polar surface area (TPSA) is 12.9 Å². The summed E-state index contributed by atoms with van der Waals surface area (Å²) in [7, 11) is 0. The molecular weight excluding hydrogens is 386 g/mol. The fourth-order valence-corrected chi connectivity index (χ4v) is 4.82. The van der Waals surface area contributed by atoms with Crippen molar-refractivity contribution in [2.75, 3.05) is 0 Å². The van der Waals surface area contributed by atoms with Crippen LogP contribution < -0.4 is 0 Å². The van der Waals surface area contributed by atoms with Crippen LogP contribution in [0.5, 0.6) is 0 Å². The van der Waals surface area contributed by atoms with E-state index in [1.807, 2.05) is 6.20 Å². The SMILES string of the molecule is CCc1cc(CC)cc(-c2nccc3c2ccc2c4ccc(C(C)(C)C)cc4ccc32)c1. The standard InChI is InChI=1S/C31H31N/c1-6-20-16-21(7-2)18-23(17-20)30-29-13-12-26-25-11-9-24(31(3,4)5)19-22(25)8-10-27(26)28(29)14-15-32-30/h8-19H,6-7H2,1-5H3. The summed E-state index contributed by atoms with van der Waals surface area (Å²) in [4.78, 5) is 4.84. The summed E-state index contributed by atoms with van der Waals surface area (Å²) in [5.41, 5.74) is 6.58. The number of aromatic nitrogens is 1. The minimum atomic E-state index is 0.150. The maximum atomic E-state index is 4.84. The molecule has 0 bridgehead atoms. The van der Waals surface area contributed by atoms with Crippen LogP contribution >= 0.6 is 0 Å². The zero-order valence-electron chi connectivity index (χ0n) is 19.8. The zero-order chi connectivity index (χ0) is 22.5. The minimum Gasteiger partial charge on any atom is -0.256 e. The normalized spacial score (nSPS) is 12.2. The first-order valence-corrected chi connectivity index (χ1v) is 11.8. The molecule has 1 heterocycles. The van der Waals surface area contributed by atoms with E-state index in [1.54, 1.807) is 0 Å². The van der Waals surface area contributed by atoms with Gasteiger partial charge in [0.2, 0.25) is 0 Å². The van der Waals surface area contributed by atoms with Gasteiger partial charge in [-0.3, -0.25) is 4.98 Å². The third-order valence-corrected chi connectivity index (χ3v) is 6.77. The van der Waals surface area contributed by atoms with Gasteiger partial charge < -0.3 is 0 Å². The van der Waals surface area contributed by atoms with Gasteiger partial charge in [0.05, 0.1) is 5.69 Å². The summed E-state index contributed by atoms with van der Waals surface area (Å²) in [5, 5.41) is 7.72. The third-order valence-electron chi connectivity index (χ3n) is 6.77. The van der Waals surface area contributed by atoms with Gasteiger partial charge in [-0.15, -0.1) is 0 Å². The van der Waals surface area contributed by atoms with E-state index in [9.17, 15) is 0 Å². The summed E-state index contributed by atoms with van der Waals surface area (Å²) in [6.07, 6.45) is 4.04. The number of pyridine rings is 1. The summed E-state index contributed by atoms with van der Waals surface area (Å²) < 4.78 is 0. The Morgan fingerprint density at radius 2 is 1.22 bits per heavy atom. The monoisotopic (exact) mass is 417 g/mol. The molecule has 0 spiro atoms. The molecule has 0 saturated heterocycles. The van der Waals surface area contributed by atoms with Crippen LogP contribution in [0.4, 0.5) is 0 Å². The molecule has 1 heteroatoms. The van der Waals surface area contributed by atoms with E-state index in [4.69, 9.17) is 4.98 Å². The average Bonchev–Trinajstić information content (AvgIpc) is 2.81. The van der Waals surface area contributed by atoms with Crippen molar-refractivity contribution in [3.05, 3.63) is 89.6 Å². The number of benzene rings is 4. The molecule has 160 valence electrons. The van der Waals surface area contributed by atoms with Crippen LogP contribution in [0.25, 0.3) is 43.6 Å². The van der Waals surface area contributed by atoms with Gasteiger partial charge in [-0.1, -0.05) is 83.1 Å². The lowest BCUT2D eigenvalue weighted by Crippen LogP contribution is -2.10. The number of nitrogens with zero attached hydrogens (tertiary/aromatic N) is 1. The molecule has 4 aromatic carbocycles. The smallest absolute Gasteiger partial charge is 0.0780 e. The second-order valence-electron chi connectivity index (χ2n) is 9.91. The molecule has 0 N–H and O–H groups in total. The van der Waals surface area contributed by atoms with Crippen molar-refractivity contribution >= 4 is 32.3 Å². The molecule has 0 unspecified atom stereocenters. The van der Waals surface area contributed by atoms with Gasteiger partial charge in [0.1, 0.15) is 0 Å². The van der Waals surface area contributed by atoms with Crippen LogP contribution in [0.15, 0.2) is 72.9 Å². The molecule has 0 aliphatic rings. The largest absolute Gasteiger partial charge is 0.256 e. The lowest BCUT2D eigenvalue weighted by atomic mass is 9.85. The lowest BCUT2D eigenvalue weighted by Gasteiger charge is -2.20. The van der Waals surface area contributed by atoms with E-state index in [-0.39, 0.29) is 5.41 Å². The second kappa shape index (κ2) is 7.74. The summed E-state index contributed by atoms with van der Waals surface area (Å²) in [5.74, 6) is 0. The van der Waals surface area contributed by atoms with E-state index in [0.717, 1.165) is 18.5 Å². The Hall–Kier alpha value is -3.19. The molecule has 0 fully saturated rings. The van der Waals surface area contributed by atoms with Gasteiger partial charge in [-0.05, 0) is 80.1 Å².